The molecule has 2 heteroatoms. The largest absolute Gasteiger partial charge is 0.456 e. The normalized spacial score (nSPS) is 12.0. The van der Waals surface area contributed by atoms with Crippen LogP contribution in [0.4, 0.5) is 0 Å². The van der Waals surface area contributed by atoms with Gasteiger partial charge < -0.3 is 8.83 Å². The minimum Gasteiger partial charge on any atom is -0.456 e. The molecule has 7 rings (SSSR count). The van der Waals surface area contributed by atoms with Gasteiger partial charge in [0.25, 0.3) is 0 Å². The third-order valence-corrected chi connectivity index (χ3v) is 10.0. The molecule has 2 aromatic heterocycles. The first kappa shape index (κ1) is 30.6. The van der Waals surface area contributed by atoms with Crippen LogP contribution in [-0.4, -0.2) is 0 Å². The smallest absolute Gasteiger partial charge is 0.136 e. The van der Waals surface area contributed by atoms with E-state index in [0.29, 0.717) is 0 Å². The van der Waals surface area contributed by atoms with Crippen LogP contribution in [0.2, 0.25) is 0 Å². The zero-order valence-corrected chi connectivity index (χ0v) is 27.8. The van der Waals surface area contributed by atoms with Crippen molar-refractivity contribution in [2.24, 2.45) is 0 Å². The van der Waals surface area contributed by atoms with Crippen LogP contribution in [-0.2, 0) is 12.8 Å². The Morgan fingerprint density at radius 3 is 1.59 bits per heavy atom. The number of hydrogen-bond acceptors (Lipinski definition) is 2. The third-order valence-electron chi connectivity index (χ3n) is 10.0. The van der Waals surface area contributed by atoms with E-state index in [1.54, 1.807) is 0 Å². The molecule has 2 nitrogen and oxygen atoms in total. The van der Waals surface area contributed by atoms with Gasteiger partial charge in [-0.25, -0.2) is 0 Å². The van der Waals surface area contributed by atoms with Crippen LogP contribution in [0.5, 0.6) is 0 Å². The highest BCUT2D eigenvalue weighted by Gasteiger charge is 2.15. The highest BCUT2D eigenvalue weighted by Crippen LogP contribution is 2.39. The molecule has 0 radical (unpaired) electrons. The quantitative estimate of drug-likeness (QED) is 0.108. The standard InChI is InChI=1S/C44H48O2/c1-3-5-7-9-11-13-15-31-17-20-33(21-18-31)35-23-24-37-39-29-44-40(30-43(39)45-41(37)27-35)38-26-34-22-19-32(16-14-12-10-8-6-4-2)25-36(34)28-42(38)46-44/h17-30H,3-16H2,1-2H3. The highest BCUT2D eigenvalue weighted by atomic mass is 16.3. The van der Waals surface area contributed by atoms with E-state index in [0.717, 1.165) is 50.3 Å². The molecule has 236 valence electrons. The minimum atomic E-state index is 0.908. The Labute approximate surface area is 273 Å². The summed E-state index contributed by atoms with van der Waals surface area (Å²) in [7, 11) is 0. The minimum absolute atomic E-state index is 0.908. The average molecular weight is 609 g/mol. The fraction of sp³-hybridized carbons (Fsp3) is 0.364. The SMILES string of the molecule is CCCCCCCCc1ccc(-c2ccc3c(c2)oc2cc4c(cc23)oc2cc3cc(CCCCCCCC)ccc3cc24)cc1. The molecule has 0 fully saturated rings. The molecule has 0 unspecified atom stereocenters. The monoisotopic (exact) mass is 608 g/mol. The summed E-state index contributed by atoms with van der Waals surface area (Å²) < 4.78 is 13.0. The van der Waals surface area contributed by atoms with Crippen molar-refractivity contribution >= 4 is 54.6 Å². The van der Waals surface area contributed by atoms with Crippen molar-refractivity contribution in [1.29, 1.82) is 0 Å². The van der Waals surface area contributed by atoms with E-state index in [2.05, 4.69) is 98.8 Å². The first-order valence-corrected chi connectivity index (χ1v) is 18.0. The van der Waals surface area contributed by atoms with E-state index in [9.17, 15) is 0 Å². The molecular weight excluding hydrogens is 560 g/mol. The Morgan fingerprint density at radius 1 is 0.370 bits per heavy atom. The van der Waals surface area contributed by atoms with Crippen LogP contribution < -0.4 is 0 Å². The van der Waals surface area contributed by atoms with Gasteiger partial charge in [0.05, 0.1) is 0 Å². The molecule has 7 aromatic rings. The molecule has 5 aromatic carbocycles. The van der Waals surface area contributed by atoms with Gasteiger partial charge in [-0.1, -0.05) is 127 Å². The van der Waals surface area contributed by atoms with E-state index < -0.39 is 0 Å². The van der Waals surface area contributed by atoms with Crippen molar-refractivity contribution in [3.63, 3.8) is 0 Å². The van der Waals surface area contributed by atoms with Crippen molar-refractivity contribution in [2.75, 3.05) is 0 Å². The molecule has 0 saturated carbocycles. The van der Waals surface area contributed by atoms with Crippen molar-refractivity contribution in [2.45, 2.75) is 104 Å². The van der Waals surface area contributed by atoms with Gasteiger partial charge in [-0.15, -0.1) is 0 Å². The Morgan fingerprint density at radius 2 is 0.891 bits per heavy atom. The molecule has 0 saturated heterocycles. The first-order valence-electron chi connectivity index (χ1n) is 18.0. The molecule has 0 amide bonds. The Balaban J connectivity index is 1.10. The highest BCUT2D eigenvalue weighted by molar-refractivity contribution is 6.16. The molecule has 0 aliphatic carbocycles. The van der Waals surface area contributed by atoms with Crippen molar-refractivity contribution in [3.8, 4) is 11.1 Å². The van der Waals surface area contributed by atoms with Crippen LogP contribution in [0.1, 0.15) is 102 Å². The maximum atomic E-state index is 6.49. The van der Waals surface area contributed by atoms with E-state index in [1.165, 1.54) is 116 Å². The van der Waals surface area contributed by atoms with Crippen LogP contribution >= 0.6 is 0 Å². The summed E-state index contributed by atoms with van der Waals surface area (Å²) in [6.45, 7) is 4.55. The predicted molar refractivity (Wildman–Crippen MR) is 198 cm³/mol. The topological polar surface area (TPSA) is 26.3 Å². The van der Waals surface area contributed by atoms with E-state index in [1.807, 2.05) is 0 Å². The predicted octanol–water partition coefficient (Wildman–Crippen LogP) is 14.1. The molecule has 2 heterocycles. The zero-order chi connectivity index (χ0) is 31.3. The number of fused-ring (bicyclic) bond motifs is 7. The molecule has 0 aliphatic rings. The van der Waals surface area contributed by atoms with Gasteiger partial charge in [-0.2, -0.15) is 0 Å². The lowest BCUT2D eigenvalue weighted by molar-refractivity contribution is 0.607. The van der Waals surface area contributed by atoms with E-state index in [-0.39, 0.29) is 0 Å². The molecule has 46 heavy (non-hydrogen) atoms. The number of aryl methyl sites for hydroxylation is 2. The van der Waals surface area contributed by atoms with Crippen molar-refractivity contribution in [1.82, 2.24) is 0 Å². The lowest BCUT2D eigenvalue weighted by atomic mass is 9.99. The summed E-state index contributed by atoms with van der Waals surface area (Å²) in [5.74, 6) is 0. The van der Waals surface area contributed by atoms with Crippen LogP contribution in [0.3, 0.4) is 0 Å². The number of unbranched alkanes of at least 4 members (excludes halogenated alkanes) is 10. The summed E-state index contributed by atoms with van der Waals surface area (Å²) >= 11 is 0. The summed E-state index contributed by atoms with van der Waals surface area (Å²) in [6, 6.07) is 31.5. The van der Waals surface area contributed by atoms with Crippen LogP contribution in [0, 0.1) is 0 Å². The fourth-order valence-electron chi connectivity index (χ4n) is 7.26. The van der Waals surface area contributed by atoms with Crippen molar-refractivity contribution < 1.29 is 8.83 Å². The van der Waals surface area contributed by atoms with Gasteiger partial charge in [0, 0.05) is 21.5 Å². The zero-order valence-electron chi connectivity index (χ0n) is 27.8. The number of benzene rings is 5. The van der Waals surface area contributed by atoms with Gasteiger partial charge in [-0.05, 0) is 95.1 Å². The second-order valence-corrected chi connectivity index (χ2v) is 13.5. The lowest BCUT2D eigenvalue weighted by Gasteiger charge is -2.05. The lowest BCUT2D eigenvalue weighted by Crippen LogP contribution is -1.87. The molecule has 0 N–H and O–H groups in total. The molecule has 0 atom stereocenters. The Kier molecular flexibility index (Phi) is 9.42. The number of rotatable bonds is 15. The average Bonchev–Trinajstić information content (AvgIpc) is 3.62. The van der Waals surface area contributed by atoms with Gasteiger partial charge in [0.1, 0.15) is 22.3 Å². The molecular formula is C44H48O2. The second kappa shape index (κ2) is 14.2. The molecule has 0 spiro atoms. The van der Waals surface area contributed by atoms with E-state index in [4.69, 9.17) is 8.83 Å². The van der Waals surface area contributed by atoms with E-state index >= 15 is 0 Å². The van der Waals surface area contributed by atoms with Crippen molar-refractivity contribution in [3.05, 3.63) is 96.1 Å². The van der Waals surface area contributed by atoms with Gasteiger partial charge >= 0.3 is 0 Å². The number of furan rings is 2. The molecule has 0 aliphatic heterocycles. The maximum Gasteiger partial charge on any atom is 0.136 e. The summed E-state index contributed by atoms with van der Waals surface area (Å²) in [5, 5.41) is 7.01. The third kappa shape index (κ3) is 6.59. The fourth-order valence-corrected chi connectivity index (χ4v) is 7.26. The van der Waals surface area contributed by atoms with Gasteiger partial charge in [0.2, 0.25) is 0 Å². The summed E-state index contributed by atoms with van der Waals surface area (Å²) in [5.41, 5.74) is 8.96. The summed E-state index contributed by atoms with van der Waals surface area (Å²) in [4.78, 5) is 0. The number of hydrogen-bond donors (Lipinski definition) is 0. The van der Waals surface area contributed by atoms with Crippen LogP contribution in [0.15, 0.2) is 93.8 Å². The maximum absolute atomic E-state index is 6.49. The second-order valence-electron chi connectivity index (χ2n) is 13.5. The van der Waals surface area contributed by atoms with Gasteiger partial charge in [0.15, 0.2) is 0 Å². The first-order chi connectivity index (χ1) is 22.7. The van der Waals surface area contributed by atoms with Crippen LogP contribution in [0.25, 0.3) is 65.8 Å². The Bertz CT molecular complexity index is 2070. The Hall–Kier alpha value is -4.04. The van der Waals surface area contributed by atoms with Gasteiger partial charge in [-0.3, -0.25) is 0 Å². The summed E-state index contributed by atoms with van der Waals surface area (Å²) in [6.07, 6.45) is 18.3. The molecule has 0 bridgehead atoms.